The Morgan fingerprint density at radius 2 is 2.15 bits per heavy atom. The third-order valence-corrected chi connectivity index (χ3v) is 3.23. The number of nitrogens with two attached hydrogens (primary N) is 1. The second kappa shape index (κ2) is 5.54. The van der Waals surface area contributed by atoms with Crippen molar-refractivity contribution in [1.82, 2.24) is 9.78 Å². The number of halogens is 1. The molecule has 0 amide bonds. The molecule has 106 valence electrons. The van der Waals surface area contributed by atoms with Gasteiger partial charge in [-0.05, 0) is 26.0 Å². The van der Waals surface area contributed by atoms with Gasteiger partial charge in [0.15, 0.2) is 0 Å². The van der Waals surface area contributed by atoms with Crippen molar-refractivity contribution >= 4 is 23.1 Å². The number of nitrogens with zero attached hydrogens (tertiary/aromatic N) is 2. The summed E-state index contributed by atoms with van der Waals surface area (Å²) in [4.78, 5) is 12.6. The normalized spacial score (nSPS) is 10.8. The van der Waals surface area contributed by atoms with Crippen LogP contribution in [0.25, 0.3) is 0 Å². The molecule has 0 bridgehead atoms. The minimum absolute atomic E-state index is 0.0286. The molecule has 0 radical (unpaired) electrons. The zero-order valence-corrected chi connectivity index (χ0v) is 12.3. The van der Waals surface area contributed by atoms with Crippen LogP contribution in [0.1, 0.15) is 35.9 Å². The van der Waals surface area contributed by atoms with Crippen molar-refractivity contribution in [2.75, 3.05) is 12.8 Å². The molecular formula is C14H16ClN3O2. The van der Waals surface area contributed by atoms with Gasteiger partial charge < -0.3 is 10.5 Å². The van der Waals surface area contributed by atoms with Gasteiger partial charge in [0.05, 0.1) is 18.3 Å². The first kappa shape index (κ1) is 14.4. The Balaban J connectivity index is 2.49. The Morgan fingerprint density at radius 3 is 2.70 bits per heavy atom. The fourth-order valence-electron chi connectivity index (χ4n) is 1.95. The van der Waals surface area contributed by atoms with Crippen LogP contribution in [0.2, 0.25) is 5.02 Å². The van der Waals surface area contributed by atoms with Gasteiger partial charge in [-0.2, -0.15) is 5.10 Å². The summed E-state index contributed by atoms with van der Waals surface area (Å²) in [6.07, 6.45) is 1.47. The number of ketones is 1. The van der Waals surface area contributed by atoms with Crippen molar-refractivity contribution in [2.45, 2.75) is 19.9 Å². The molecular weight excluding hydrogens is 278 g/mol. The second-order valence-electron chi connectivity index (χ2n) is 4.66. The van der Waals surface area contributed by atoms with E-state index in [0.29, 0.717) is 27.7 Å². The van der Waals surface area contributed by atoms with Gasteiger partial charge in [-0.3, -0.25) is 9.48 Å². The third kappa shape index (κ3) is 2.49. The predicted molar refractivity (Wildman–Crippen MR) is 78.5 cm³/mol. The van der Waals surface area contributed by atoms with Crippen LogP contribution in [0.15, 0.2) is 24.4 Å². The van der Waals surface area contributed by atoms with Crippen molar-refractivity contribution in [3.8, 4) is 5.75 Å². The number of rotatable bonds is 4. The Kier molecular flexibility index (Phi) is 3.99. The smallest absolute Gasteiger partial charge is 0.214 e. The molecule has 0 fully saturated rings. The number of hydrogen-bond donors (Lipinski definition) is 1. The monoisotopic (exact) mass is 293 g/mol. The van der Waals surface area contributed by atoms with Gasteiger partial charge in [-0.15, -0.1) is 0 Å². The summed E-state index contributed by atoms with van der Waals surface area (Å²) in [7, 11) is 1.54. The fourth-order valence-corrected chi connectivity index (χ4v) is 2.16. The zero-order valence-electron chi connectivity index (χ0n) is 11.6. The van der Waals surface area contributed by atoms with E-state index in [1.165, 1.54) is 6.20 Å². The maximum absolute atomic E-state index is 12.6. The molecule has 0 saturated heterocycles. The molecule has 0 unspecified atom stereocenters. The molecule has 0 aliphatic heterocycles. The largest absolute Gasteiger partial charge is 0.497 e. The number of carbonyl (C=O) groups is 1. The average molecular weight is 294 g/mol. The van der Waals surface area contributed by atoms with Gasteiger partial charge >= 0.3 is 0 Å². The van der Waals surface area contributed by atoms with E-state index in [9.17, 15) is 4.79 Å². The molecule has 0 aliphatic rings. The Bertz CT molecular complexity index is 650. The van der Waals surface area contributed by atoms with Gasteiger partial charge in [-0.25, -0.2) is 0 Å². The van der Waals surface area contributed by atoms with Crippen LogP contribution in [-0.2, 0) is 0 Å². The van der Waals surface area contributed by atoms with Crippen LogP contribution in [0, 0.1) is 0 Å². The predicted octanol–water partition coefficient (Wildman–Crippen LogP) is 2.94. The number of carbonyl (C=O) groups excluding carboxylic acids is 1. The summed E-state index contributed by atoms with van der Waals surface area (Å²) in [5.74, 6) is 0.351. The summed E-state index contributed by atoms with van der Waals surface area (Å²) in [5.41, 5.74) is 6.99. The lowest BCUT2D eigenvalue weighted by molar-refractivity contribution is 0.102. The highest BCUT2D eigenvalue weighted by Gasteiger charge is 2.22. The van der Waals surface area contributed by atoms with Gasteiger partial charge in [0, 0.05) is 23.4 Å². The van der Waals surface area contributed by atoms with E-state index < -0.39 is 0 Å². The third-order valence-electron chi connectivity index (χ3n) is 2.96. The summed E-state index contributed by atoms with van der Waals surface area (Å²) >= 11 is 6.08. The lowest BCUT2D eigenvalue weighted by atomic mass is 10.1. The molecule has 0 atom stereocenters. The summed E-state index contributed by atoms with van der Waals surface area (Å²) in [5, 5.41) is 4.44. The number of aromatic nitrogens is 2. The zero-order chi connectivity index (χ0) is 14.9. The van der Waals surface area contributed by atoms with Crippen molar-refractivity contribution in [3.05, 3.63) is 40.7 Å². The van der Waals surface area contributed by atoms with E-state index in [-0.39, 0.29) is 11.8 Å². The highest BCUT2D eigenvalue weighted by Crippen LogP contribution is 2.26. The van der Waals surface area contributed by atoms with E-state index in [2.05, 4.69) is 5.10 Å². The Labute approximate surface area is 122 Å². The van der Waals surface area contributed by atoms with Crippen LogP contribution >= 0.6 is 11.6 Å². The van der Waals surface area contributed by atoms with Gasteiger partial charge in [0.2, 0.25) is 5.78 Å². The van der Waals surface area contributed by atoms with Crippen molar-refractivity contribution in [1.29, 1.82) is 0 Å². The van der Waals surface area contributed by atoms with Crippen LogP contribution in [-0.4, -0.2) is 22.7 Å². The van der Waals surface area contributed by atoms with Crippen LogP contribution < -0.4 is 10.5 Å². The summed E-state index contributed by atoms with van der Waals surface area (Å²) in [6.45, 7) is 3.86. The number of benzene rings is 1. The molecule has 1 heterocycles. The van der Waals surface area contributed by atoms with Crippen LogP contribution in [0.3, 0.4) is 0 Å². The van der Waals surface area contributed by atoms with Crippen LogP contribution in [0.5, 0.6) is 5.75 Å². The van der Waals surface area contributed by atoms with Crippen LogP contribution in [0.4, 0.5) is 5.69 Å². The molecule has 20 heavy (non-hydrogen) atoms. The number of ether oxygens (including phenoxy) is 1. The maximum Gasteiger partial charge on any atom is 0.214 e. The second-order valence-corrected chi connectivity index (χ2v) is 5.07. The summed E-state index contributed by atoms with van der Waals surface area (Å²) < 4.78 is 6.66. The molecule has 2 rings (SSSR count). The van der Waals surface area contributed by atoms with E-state index in [1.807, 2.05) is 13.8 Å². The topological polar surface area (TPSA) is 70.1 Å². The fraction of sp³-hybridized carbons (Fsp3) is 0.286. The quantitative estimate of drug-likeness (QED) is 0.695. The van der Waals surface area contributed by atoms with Crippen molar-refractivity contribution in [2.24, 2.45) is 0 Å². The first-order valence-electron chi connectivity index (χ1n) is 6.17. The van der Waals surface area contributed by atoms with Gasteiger partial charge in [-0.1, -0.05) is 11.6 Å². The molecule has 0 aliphatic carbocycles. The maximum atomic E-state index is 12.6. The Morgan fingerprint density at radius 1 is 1.45 bits per heavy atom. The molecule has 5 nitrogen and oxygen atoms in total. The van der Waals surface area contributed by atoms with E-state index in [1.54, 1.807) is 30.0 Å². The Hall–Kier alpha value is -2.01. The number of anilines is 1. The molecule has 6 heteroatoms. The SMILES string of the molecule is COc1ccc(C(=O)c2c(Cl)cnn2C(C)C)c(N)c1. The number of hydrogen-bond acceptors (Lipinski definition) is 4. The molecule has 1 aromatic carbocycles. The minimum atomic E-state index is -0.249. The minimum Gasteiger partial charge on any atom is -0.497 e. The number of nitrogen functional groups attached to an aromatic ring is 1. The molecule has 2 aromatic rings. The lowest BCUT2D eigenvalue weighted by Crippen LogP contribution is -2.15. The van der Waals surface area contributed by atoms with E-state index in [0.717, 1.165) is 0 Å². The standard InChI is InChI=1S/C14H16ClN3O2/c1-8(2)18-13(11(15)7-17-18)14(19)10-5-4-9(20-3)6-12(10)16/h4-8H,16H2,1-3H3. The molecule has 1 aromatic heterocycles. The lowest BCUT2D eigenvalue weighted by Gasteiger charge is -2.12. The highest BCUT2D eigenvalue weighted by molar-refractivity contribution is 6.34. The number of methoxy groups -OCH3 is 1. The van der Waals surface area contributed by atoms with Gasteiger partial charge in [0.25, 0.3) is 0 Å². The van der Waals surface area contributed by atoms with Crippen molar-refractivity contribution in [3.63, 3.8) is 0 Å². The van der Waals surface area contributed by atoms with E-state index >= 15 is 0 Å². The van der Waals surface area contributed by atoms with Gasteiger partial charge in [0.1, 0.15) is 11.4 Å². The highest BCUT2D eigenvalue weighted by atomic mass is 35.5. The first-order chi connectivity index (χ1) is 9.45. The summed E-state index contributed by atoms with van der Waals surface area (Å²) in [6, 6.07) is 4.95. The first-order valence-corrected chi connectivity index (χ1v) is 6.54. The molecule has 0 saturated carbocycles. The van der Waals surface area contributed by atoms with Crippen molar-refractivity contribution < 1.29 is 9.53 Å². The van der Waals surface area contributed by atoms with E-state index in [4.69, 9.17) is 22.1 Å². The average Bonchev–Trinajstić information content (AvgIpc) is 2.79. The molecule has 0 spiro atoms. The molecule has 2 N–H and O–H groups in total.